The van der Waals surface area contributed by atoms with Gasteiger partial charge in [-0.05, 0) is 68.8 Å². The molecule has 3 heterocycles. The quantitative estimate of drug-likeness (QED) is 0.107. The predicted molar refractivity (Wildman–Crippen MR) is 299 cm³/mol. The molecule has 0 aliphatic heterocycles. The van der Waals surface area contributed by atoms with Crippen LogP contribution in [0, 0.1) is 0 Å². The summed E-state index contributed by atoms with van der Waals surface area (Å²) in [6, 6.07) is 102. The molecule has 14 aromatic rings. The van der Waals surface area contributed by atoms with Crippen molar-refractivity contribution >= 4 is 94.2 Å². The lowest BCUT2D eigenvalue weighted by Gasteiger charge is -2.35. The molecule has 70 heavy (non-hydrogen) atoms. The van der Waals surface area contributed by atoms with Crippen molar-refractivity contribution in [3.63, 3.8) is 0 Å². The molecule has 4 heteroatoms. The zero-order chi connectivity index (χ0) is 46.2. The number of aromatic nitrogens is 3. The van der Waals surface area contributed by atoms with Crippen LogP contribution in [0.15, 0.2) is 273 Å². The highest BCUT2D eigenvalue weighted by Crippen LogP contribution is 2.44. The Balaban J connectivity index is 1.20. The first-order chi connectivity index (χ1) is 34.8. The van der Waals surface area contributed by atoms with Gasteiger partial charge >= 0.3 is 0 Å². The summed E-state index contributed by atoms with van der Waals surface area (Å²) in [6.07, 6.45) is 0. The van der Waals surface area contributed by atoms with Crippen LogP contribution in [0.1, 0.15) is 0 Å². The van der Waals surface area contributed by atoms with E-state index in [4.69, 9.17) is 0 Å². The molecule has 3 nitrogen and oxygen atoms in total. The van der Waals surface area contributed by atoms with Crippen molar-refractivity contribution in [1.29, 1.82) is 0 Å². The third kappa shape index (κ3) is 5.87. The van der Waals surface area contributed by atoms with Crippen molar-refractivity contribution in [3.05, 3.63) is 273 Å². The van der Waals surface area contributed by atoms with Gasteiger partial charge in [-0.3, -0.25) is 0 Å². The molecule has 0 saturated heterocycles. The monoisotopic (exact) mass is 907 g/mol. The minimum Gasteiger partial charge on any atom is -0.307 e. The topological polar surface area (TPSA) is 14.8 Å². The van der Waals surface area contributed by atoms with Gasteiger partial charge < -0.3 is 13.7 Å². The standard InChI is InChI=1S/C66H45N3Si/c1-5-24-46(25-6-1)51-32-13-18-38-58(51)68-61-41-21-16-35-54(61)56-37-23-43-63(65(56)68)69-62-42-22-17-36-55(62)57-44-50(45-64(66(57)69)67-59-39-19-14-33-52(59)53-34-15-20-40-60(53)67)70(47-26-7-2-8-27-47,48-28-9-3-10-29-48)49-30-11-4-12-31-49/h1-45H. The highest BCUT2D eigenvalue weighted by Gasteiger charge is 2.42. The second-order valence-electron chi connectivity index (χ2n) is 18.4. The molecule has 0 N–H and O–H groups in total. The van der Waals surface area contributed by atoms with Gasteiger partial charge in [-0.25, -0.2) is 0 Å². The molecule has 0 atom stereocenters. The predicted octanol–water partition coefficient (Wildman–Crippen LogP) is 14.0. The van der Waals surface area contributed by atoms with Gasteiger partial charge in [0.1, 0.15) is 0 Å². The molecule has 0 saturated carbocycles. The summed E-state index contributed by atoms with van der Waals surface area (Å²) in [7, 11) is -3.04. The Morgan fingerprint density at radius 1 is 0.229 bits per heavy atom. The smallest absolute Gasteiger partial charge is 0.179 e. The van der Waals surface area contributed by atoms with Crippen LogP contribution < -0.4 is 20.7 Å². The molecule has 0 amide bonds. The molecule has 0 bridgehead atoms. The molecule has 328 valence electrons. The summed E-state index contributed by atoms with van der Waals surface area (Å²) in [5, 5.41) is 12.7. The third-order valence-electron chi connectivity index (χ3n) is 14.8. The Labute approximate surface area is 407 Å². The van der Waals surface area contributed by atoms with E-state index in [9.17, 15) is 0 Å². The number of benzene rings is 11. The molecule has 0 unspecified atom stereocenters. The summed E-state index contributed by atoms with van der Waals surface area (Å²) in [6.45, 7) is 0. The van der Waals surface area contributed by atoms with E-state index in [0.717, 1.165) is 33.6 Å². The SMILES string of the molecule is c1ccc(-c2ccccc2-n2c3ccccc3c3cccc(-n4c5ccccc5c5cc([Si](c6ccccc6)(c6ccccc6)c6ccccc6)cc(-n6c7ccccc7c7ccccc76)c54)c32)cc1. The maximum atomic E-state index is 2.59. The Morgan fingerprint density at radius 3 is 1.14 bits per heavy atom. The maximum absolute atomic E-state index is 3.04. The molecular weight excluding hydrogens is 863 g/mol. The van der Waals surface area contributed by atoms with Crippen LogP contribution in [0.3, 0.4) is 0 Å². The number of hydrogen-bond donors (Lipinski definition) is 0. The highest BCUT2D eigenvalue weighted by atomic mass is 28.3. The highest BCUT2D eigenvalue weighted by molar-refractivity contribution is 7.20. The molecular formula is C66H45N3Si. The van der Waals surface area contributed by atoms with Crippen molar-refractivity contribution in [1.82, 2.24) is 13.7 Å². The number of fused-ring (bicyclic) bond motifs is 9. The van der Waals surface area contributed by atoms with Gasteiger partial charge in [-0.1, -0.05) is 231 Å². The maximum Gasteiger partial charge on any atom is 0.179 e. The summed E-state index contributed by atoms with van der Waals surface area (Å²) in [5.74, 6) is 0. The van der Waals surface area contributed by atoms with Gasteiger partial charge in [0.2, 0.25) is 0 Å². The lowest BCUT2D eigenvalue weighted by molar-refractivity contribution is 1.11. The number of rotatable bonds is 8. The van der Waals surface area contributed by atoms with Crippen LogP contribution in [0.4, 0.5) is 0 Å². The van der Waals surface area contributed by atoms with E-state index in [-0.39, 0.29) is 0 Å². The van der Waals surface area contributed by atoms with Crippen LogP contribution in [0.2, 0.25) is 0 Å². The summed E-state index contributed by atoms with van der Waals surface area (Å²) in [5.41, 5.74) is 12.8. The molecule has 0 spiro atoms. The van der Waals surface area contributed by atoms with E-state index in [1.807, 2.05) is 0 Å². The normalized spacial score (nSPS) is 12.0. The molecule has 14 rings (SSSR count). The number of hydrogen-bond acceptors (Lipinski definition) is 0. The first-order valence-corrected chi connectivity index (χ1v) is 26.2. The Bertz CT molecular complexity index is 4130. The van der Waals surface area contributed by atoms with Crippen LogP contribution in [-0.2, 0) is 0 Å². The van der Waals surface area contributed by atoms with Crippen molar-refractivity contribution in [3.8, 4) is 28.2 Å². The zero-order valence-corrected chi connectivity index (χ0v) is 39.3. The van der Waals surface area contributed by atoms with Gasteiger partial charge in [0, 0.05) is 37.9 Å². The third-order valence-corrected chi connectivity index (χ3v) is 19.5. The largest absolute Gasteiger partial charge is 0.307 e. The van der Waals surface area contributed by atoms with E-state index < -0.39 is 8.07 Å². The van der Waals surface area contributed by atoms with Gasteiger partial charge in [0.15, 0.2) is 8.07 Å². The molecule has 3 aromatic heterocycles. The zero-order valence-electron chi connectivity index (χ0n) is 38.3. The van der Waals surface area contributed by atoms with Gasteiger partial charge in [0.25, 0.3) is 0 Å². The second kappa shape index (κ2) is 16.1. The van der Waals surface area contributed by atoms with E-state index in [2.05, 4.69) is 287 Å². The fourth-order valence-electron chi connectivity index (χ4n) is 11.9. The molecule has 0 aliphatic carbocycles. The molecule has 0 radical (unpaired) electrons. The number of nitrogens with zero attached hydrogens (tertiary/aromatic N) is 3. The molecule has 0 fully saturated rings. The average Bonchev–Trinajstić information content (AvgIpc) is 4.08. The molecule has 0 aliphatic rings. The van der Waals surface area contributed by atoms with Crippen LogP contribution >= 0.6 is 0 Å². The number of para-hydroxylation sites is 6. The van der Waals surface area contributed by atoms with E-state index in [1.54, 1.807) is 0 Å². The van der Waals surface area contributed by atoms with E-state index in [0.29, 0.717) is 0 Å². The van der Waals surface area contributed by atoms with Crippen molar-refractivity contribution in [2.45, 2.75) is 0 Å². The van der Waals surface area contributed by atoms with Crippen LogP contribution in [0.25, 0.3) is 93.6 Å². The van der Waals surface area contributed by atoms with Crippen LogP contribution in [0.5, 0.6) is 0 Å². The lowest BCUT2D eigenvalue weighted by atomic mass is 10.0. The minimum atomic E-state index is -3.04. The van der Waals surface area contributed by atoms with Gasteiger partial charge in [-0.15, -0.1) is 0 Å². The summed E-state index contributed by atoms with van der Waals surface area (Å²) < 4.78 is 7.68. The van der Waals surface area contributed by atoms with E-state index >= 15 is 0 Å². The fraction of sp³-hybridized carbons (Fsp3) is 0. The fourth-order valence-corrected chi connectivity index (χ4v) is 16.7. The Hall–Kier alpha value is -8.96. The first kappa shape index (κ1) is 40.1. The average molecular weight is 908 g/mol. The second-order valence-corrected chi connectivity index (χ2v) is 22.2. The Kier molecular flexibility index (Phi) is 9.23. The van der Waals surface area contributed by atoms with E-state index in [1.165, 1.54) is 80.7 Å². The summed E-state index contributed by atoms with van der Waals surface area (Å²) >= 11 is 0. The summed E-state index contributed by atoms with van der Waals surface area (Å²) in [4.78, 5) is 0. The molecule has 11 aromatic carbocycles. The van der Waals surface area contributed by atoms with Gasteiger partial charge in [-0.2, -0.15) is 0 Å². The van der Waals surface area contributed by atoms with Crippen molar-refractivity contribution in [2.75, 3.05) is 0 Å². The minimum absolute atomic E-state index is 1.12. The lowest BCUT2D eigenvalue weighted by Crippen LogP contribution is -2.74. The Morgan fingerprint density at radius 2 is 0.600 bits per heavy atom. The van der Waals surface area contributed by atoms with Crippen molar-refractivity contribution < 1.29 is 0 Å². The van der Waals surface area contributed by atoms with Crippen LogP contribution in [-0.4, -0.2) is 21.8 Å². The first-order valence-electron chi connectivity index (χ1n) is 24.2. The van der Waals surface area contributed by atoms with Gasteiger partial charge in [0.05, 0.1) is 50.2 Å². The van der Waals surface area contributed by atoms with Crippen molar-refractivity contribution in [2.24, 2.45) is 0 Å².